The monoisotopic (exact) mass is 187 g/mol. The van der Waals surface area contributed by atoms with Crippen LogP contribution in [0.15, 0.2) is 18.2 Å². The van der Waals surface area contributed by atoms with Gasteiger partial charge in [0.15, 0.2) is 0 Å². The van der Waals surface area contributed by atoms with Crippen molar-refractivity contribution in [2.45, 2.75) is 33.4 Å². The first-order chi connectivity index (χ1) is 6.65. The number of benzene rings is 1. The Kier molecular flexibility index (Phi) is 3.73. The van der Waals surface area contributed by atoms with Crippen molar-refractivity contribution in [3.8, 4) is 12.3 Å². The molecule has 0 fully saturated rings. The van der Waals surface area contributed by atoms with E-state index in [-0.39, 0.29) is 6.04 Å². The molecule has 74 valence electrons. The van der Waals surface area contributed by atoms with E-state index >= 15 is 0 Å². The normalized spacial score (nSPS) is 12.1. The second-order valence-corrected chi connectivity index (χ2v) is 3.64. The van der Waals surface area contributed by atoms with E-state index in [4.69, 9.17) is 6.42 Å². The van der Waals surface area contributed by atoms with E-state index in [0.717, 1.165) is 6.54 Å². The molecule has 0 amide bonds. The molecule has 0 radical (unpaired) electrons. The minimum atomic E-state index is 0.133. The van der Waals surface area contributed by atoms with E-state index in [1.165, 1.54) is 16.7 Å². The number of hydrogen-bond acceptors (Lipinski definition) is 1. The topological polar surface area (TPSA) is 12.0 Å². The Morgan fingerprint density at radius 2 is 1.93 bits per heavy atom. The van der Waals surface area contributed by atoms with Crippen LogP contribution >= 0.6 is 0 Å². The van der Waals surface area contributed by atoms with Crippen LogP contribution in [-0.4, -0.2) is 6.04 Å². The smallest absolute Gasteiger partial charge is 0.0660 e. The summed E-state index contributed by atoms with van der Waals surface area (Å²) in [4.78, 5) is 0. The van der Waals surface area contributed by atoms with E-state index in [2.05, 4.69) is 43.3 Å². The molecular weight excluding hydrogens is 170 g/mol. The summed E-state index contributed by atoms with van der Waals surface area (Å²) in [5.74, 6) is 2.66. The van der Waals surface area contributed by atoms with Crippen LogP contribution < -0.4 is 5.32 Å². The van der Waals surface area contributed by atoms with Crippen molar-refractivity contribution >= 4 is 0 Å². The van der Waals surface area contributed by atoms with Crippen LogP contribution in [0.3, 0.4) is 0 Å². The Balaban J connectivity index is 2.72. The highest BCUT2D eigenvalue weighted by Gasteiger charge is 2.02. The highest BCUT2D eigenvalue weighted by molar-refractivity contribution is 5.33. The Bertz CT molecular complexity index is 326. The summed E-state index contributed by atoms with van der Waals surface area (Å²) in [6.45, 7) is 7.10. The third kappa shape index (κ3) is 2.61. The molecule has 0 spiro atoms. The lowest BCUT2D eigenvalue weighted by molar-refractivity contribution is 0.644. The fraction of sp³-hybridized carbons (Fsp3) is 0.385. The van der Waals surface area contributed by atoms with Crippen molar-refractivity contribution in [3.63, 3.8) is 0 Å². The lowest BCUT2D eigenvalue weighted by atomic mass is 10.0. The van der Waals surface area contributed by atoms with Gasteiger partial charge in [0.05, 0.1) is 6.04 Å². The first-order valence-electron chi connectivity index (χ1n) is 4.89. The largest absolute Gasteiger partial charge is 0.300 e. The van der Waals surface area contributed by atoms with E-state index in [1.807, 2.05) is 6.92 Å². The first kappa shape index (κ1) is 10.8. The van der Waals surface area contributed by atoms with Gasteiger partial charge in [0, 0.05) is 6.54 Å². The fourth-order valence-corrected chi connectivity index (χ4v) is 1.44. The van der Waals surface area contributed by atoms with Crippen LogP contribution in [-0.2, 0) is 6.54 Å². The van der Waals surface area contributed by atoms with Crippen molar-refractivity contribution in [3.05, 3.63) is 34.9 Å². The van der Waals surface area contributed by atoms with Gasteiger partial charge in [-0.15, -0.1) is 6.42 Å². The summed E-state index contributed by atoms with van der Waals surface area (Å²) in [6.07, 6.45) is 5.30. The third-order valence-corrected chi connectivity index (χ3v) is 2.48. The molecule has 0 saturated carbocycles. The number of hydrogen-bond donors (Lipinski definition) is 1. The van der Waals surface area contributed by atoms with Gasteiger partial charge in [-0.2, -0.15) is 0 Å². The molecule has 1 heteroatoms. The zero-order valence-electron chi connectivity index (χ0n) is 9.09. The summed E-state index contributed by atoms with van der Waals surface area (Å²) in [5, 5.41) is 3.29. The van der Waals surface area contributed by atoms with Crippen LogP contribution in [0.2, 0.25) is 0 Å². The number of rotatable bonds is 3. The Morgan fingerprint density at radius 1 is 1.36 bits per heavy atom. The fourth-order valence-electron chi connectivity index (χ4n) is 1.44. The molecule has 1 unspecified atom stereocenters. The predicted molar refractivity (Wildman–Crippen MR) is 61.1 cm³/mol. The molecule has 0 saturated heterocycles. The van der Waals surface area contributed by atoms with E-state index in [9.17, 15) is 0 Å². The zero-order chi connectivity index (χ0) is 10.6. The minimum absolute atomic E-state index is 0.133. The van der Waals surface area contributed by atoms with Gasteiger partial charge >= 0.3 is 0 Å². The maximum absolute atomic E-state index is 5.30. The lowest BCUT2D eigenvalue weighted by Crippen LogP contribution is -2.24. The summed E-state index contributed by atoms with van der Waals surface area (Å²) < 4.78 is 0. The molecule has 0 bridgehead atoms. The zero-order valence-corrected chi connectivity index (χ0v) is 9.09. The molecule has 1 rings (SSSR count). The van der Waals surface area contributed by atoms with Gasteiger partial charge in [0.2, 0.25) is 0 Å². The number of aryl methyl sites for hydroxylation is 2. The van der Waals surface area contributed by atoms with Gasteiger partial charge in [0.25, 0.3) is 0 Å². The molecule has 14 heavy (non-hydrogen) atoms. The van der Waals surface area contributed by atoms with E-state index < -0.39 is 0 Å². The van der Waals surface area contributed by atoms with Crippen molar-refractivity contribution in [2.24, 2.45) is 0 Å². The molecule has 1 atom stereocenters. The van der Waals surface area contributed by atoms with Gasteiger partial charge in [-0.3, -0.25) is 5.32 Å². The maximum Gasteiger partial charge on any atom is 0.0660 e. The van der Waals surface area contributed by atoms with E-state index in [1.54, 1.807) is 0 Å². The molecule has 0 aromatic heterocycles. The van der Waals surface area contributed by atoms with Gasteiger partial charge in [-0.25, -0.2) is 0 Å². The third-order valence-electron chi connectivity index (χ3n) is 2.48. The number of nitrogens with one attached hydrogen (secondary N) is 1. The van der Waals surface area contributed by atoms with Crippen molar-refractivity contribution < 1.29 is 0 Å². The first-order valence-corrected chi connectivity index (χ1v) is 4.89. The molecule has 0 aliphatic heterocycles. The summed E-state index contributed by atoms with van der Waals surface area (Å²) in [6, 6.07) is 6.47. The molecule has 1 N–H and O–H groups in total. The van der Waals surface area contributed by atoms with Gasteiger partial charge in [-0.05, 0) is 37.5 Å². The van der Waals surface area contributed by atoms with Crippen LogP contribution in [0, 0.1) is 26.2 Å². The van der Waals surface area contributed by atoms with Gasteiger partial charge in [-0.1, -0.05) is 24.1 Å². The molecule has 1 nitrogen and oxygen atoms in total. The molecular formula is C13H17N. The summed E-state index contributed by atoms with van der Waals surface area (Å²) >= 11 is 0. The molecule has 0 aliphatic rings. The Labute approximate surface area is 86.5 Å². The van der Waals surface area contributed by atoms with Crippen LogP contribution in [0.5, 0.6) is 0 Å². The highest BCUT2D eigenvalue weighted by Crippen LogP contribution is 2.12. The molecule has 1 aromatic rings. The summed E-state index contributed by atoms with van der Waals surface area (Å²) in [7, 11) is 0. The average Bonchev–Trinajstić information content (AvgIpc) is 2.16. The average molecular weight is 187 g/mol. The van der Waals surface area contributed by atoms with Crippen LogP contribution in [0.25, 0.3) is 0 Å². The number of terminal acetylenes is 1. The van der Waals surface area contributed by atoms with Crippen molar-refractivity contribution in [1.82, 2.24) is 5.32 Å². The van der Waals surface area contributed by atoms with E-state index in [0.29, 0.717) is 0 Å². The van der Waals surface area contributed by atoms with Gasteiger partial charge in [0.1, 0.15) is 0 Å². The second-order valence-electron chi connectivity index (χ2n) is 3.64. The maximum atomic E-state index is 5.30. The van der Waals surface area contributed by atoms with Crippen molar-refractivity contribution in [2.75, 3.05) is 0 Å². The Morgan fingerprint density at radius 3 is 2.43 bits per heavy atom. The molecule has 0 heterocycles. The Hall–Kier alpha value is -1.26. The molecule has 1 aromatic carbocycles. The quantitative estimate of drug-likeness (QED) is 0.717. The lowest BCUT2D eigenvalue weighted by Gasteiger charge is -2.12. The van der Waals surface area contributed by atoms with Crippen molar-refractivity contribution in [1.29, 1.82) is 0 Å². The van der Waals surface area contributed by atoms with Gasteiger partial charge < -0.3 is 0 Å². The minimum Gasteiger partial charge on any atom is -0.300 e. The SMILES string of the molecule is C#CC(C)NCc1c(C)cccc1C. The molecule has 0 aliphatic carbocycles. The second kappa shape index (κ2) is 4.83. The van der Waals surface area contributed by atoms with Crippen LogP contribution in [0.4, 0.5) is 0 Å². The highest BCUT2D eigenvalue weighted by atomic mass is 14.9. The predicted octanol–water partition coefficient (Wildman–Crippen LogP) is 2.41. The van der Waals surface area contributed by atoms with Crippen LogP contribution in [0.1, 0.15) is 23.6 Å². The standard InChI is InChI=1S/C13H17N/c1-5-12(4)14-9-13-10(2)7-6-8-11(13)3/h1,6-8,12,14H,9H2,2-4H3. The summed E-state index contributed by atoms with van der Waals surface area (Å²) in [5.41, 5.74) is 4.00.